The third-order valence-electron chi connectivity index (χ3n) is 7.69. The number of para-hydroxylation sites is 3. The molecule has 0 fully saturated rings. The lowest BCUT2D eigenvalue weighted by Gasteiger charge is -2.15. The minimum atomic E-state index is 0.562. The second-order valence-electron chi connectivity index (χ2n) is 9.93. The van der Waals surface area contributed by atoms with Gasteiger partial charge in [-0.05, 0) is 54.1 Å². The Morgan fingerprint density at radius 2 is 1.40 bits per heavy atom. The van der Waals surface area contributed by atoms with Gasteiger partial charge in [0.1, 0.15) is 17.2 Å². The second kappa shape index (κ2) is 8.69. The highest BCUT2D eigenvalue weighted by Gasteiger charge is 2.18. The first-order chi connectivity index (χ1) is 19.8. The van der Waals surface area contributed by atoms with Crippen LogP contribution in [0.4, 0.5) is 0 Å². The summed E-state index contributed by atoms with van der Waals surface area (Å²) in [6.07, 6.45) is 1.73. The molecule has 40 heavy (non-hydrogen) atoms. The molecule has 3 aromatic heterocycles. The molecule has 0 radical (unpaired) electrons. The Morgan fingerprint density at radius 3 is 2.33 bits per heavy atom. The predicted molar refractivity (Wildman–Crippen MR) is 161 cm³/mol. The van der Waals surface area contributed by atoms with Crippen LogP contribution in [0.25, 0.3) is 71.8 Å². The summed E-state index contributed by atoms with van der Waals surface area (Å²) >= 11 is 0. The van der Waals surface area contributed by atoms with E-state index in [0.717, 1.165) is 60.7 Å². The number of benzene rings is 5. The molecule has 0 saturated heterocycles. The number of nitriles is 1. The molecule has 186 valence electrons. The van der Waals surface area contributed by atoms with E-state index in [-0.39, 0.29) is 0 Å². The number of nitrogens with zero attached hydrogens (tertiary/aromatic N) is 3. The average Bonchev–Trinajstić information content (AvgIpc) is 3.55. The maximum absolute atomic E-state index is 9.66. The zero-order valence-corrected chi connectivity index (χ0v) is 21.4. The molecule has 0 unspecified atom stereocenters. The van der Waals surface area contributed by atoms with Gasteiger partial charge in [-0.1, -0.05) is 72.8 Å². The largest absolute Gasteiger partial charge is 0.456 e. The minimum Gasteiger partial charge on any atom is -0.456 e. The zero-order valence-electron chi connectivity index (χ0n) is 21.4. The molecule has 0 bridgehead atoms. The van der Waals surface area contributed by atoms with Crippen LogP contribution in [0.3, 0.4) is 0 Å². The van der Waals surface area contributed by atoms with E-state index >= 15 is 0 Å². The van der Waals surface area contributed by atoms with Gasteiger partial charge in [0, 0.05) is 38.9 Å². The first-order valence-electron chi connectivity index (χ1n) is 13.2. The van der Waals surface area contributed by atoms with Crippen LogP contribution in [0.2, 0.25) is 0 Å². The van der Waals surface area contributed by atoms with Crippen LogP contribution in [0.5, 0.6) is 0 Å². The number of pyridine rings is 1. The van der Waals surface area contributed by atoms with Crippen molar-refractivity contribution in [2.45, 2.75) is 0 Å². The smallest absolute Gasteiger partial charge is 0.136 e. The normalized spacial score (nSPS) is 11.5. The molecule has 5 aromatic carbocycles. The fourth-order valence-corrected chi connectivity index (χ4v) is 5.92. The third-order valence-corrected chi connectivity index (χ3v) is 7.69. The summed E-state index contributed by atoms with van der Waals surface area (Å²) in [7, 11) is 0. The van der Waals surface area contributed by atoms with Gasteiger partial charge in [-0.2, -0.15) is 5.26 Å². The first kappa shape index (κ1) is 22.3. The molecule has 0 atom stereocenters. The zero-order chi connectivity index (χ0) is 26.6. The van der Waals surface area contributed by atoms with E-state index in [0.29, 0.717) is 11.3 Å². The Bertz CT molecular complexity index is 2300. The quantitative estimate of drug-likeness (QED) is 0.237. The summed E-state index contributed by atoms with van der Waals surface area (Å²) in [6, 6.07) is 43.8. The van der Waals surface area contributed by atoms with Gasteiger partial charge < -0.3 is 8.98 Å². The Balaban J connectivity index is 1.42. The molecule has 8 rings (SSSR count). The first-order valence-corrected chi connectivity index (χ1v) is 13.2. The number of furan rings is 1. The van der Waals surface area contributed by atoms with Crippen molar-refractivity contribution in [1.29, 1.82) is 5.26 Å². The molecule has 0 spiro atoms. The van der Waals surface area contributed by atoms with Crippen molar-refractivity contribution in [3.8, 4) is 34.1 Å². The van der Waals surface area contributed by atoms with E-state index in [9.17, 15) is 5.26 Å². The van der Waals surface area contributed by atoms with Crippen LogP contribution in [0, 0.1) is 11.3 Å². The van der Waals surface area contributed by atoms with Gasteiger partial charge in [-0.25, -0.2) is 0 Å². The Hall–Kier alpha value is -5.66. The number of aromatic nitrogens is 2. The van der Waals surface area contributed by atoms with Gasteiger partial charge in [0.25, 0.3) is 0 Å². The SMILES string of the molecule is N#Cc1cccnc1-c1cccc(-c2ccccc2-n2c3ccccc3c3cc4oc5ccccc5c4cc32)c1. The Labute approximate surface area is 230 Å². The maximum atomic E-state index is 9.66. The van der Waals surface area contributed by atoms with Crippen molar-refractivity contribution in [1.82, 2.24) is 9.55 Å². The number of hydrogen-bond acceptors (Lipinski definition) is 3. The fourth-order valence-electron chi connectivity index (χ4n) is 5.92. The number of fused-ring (bicyclic) bond motifs is 6. The topological polar surface area (TPSA) is 54.8 Å². The Kier molecular flexibility index (Phi) is 4.85. The van der Waals surface area contributed by atoms with Crippen LogP contribution in [0.15, 0.2) is 132 Å². The van der Waals surface area contributed by atoms with E-state index < -0.39 is 0 Å². The molecule has 0 N–H and O–H groups in total. The molecule has 0 amide bonds. The van der Waals surface area contributed by atoms with Gasteiger partial charge in [-0.3, -0.25) is 4.98 Å². The Morgan fingerprint density at radius 1 is 0.600 bits per heavy atom. The molecule has 0 aliphatic rings. The molecule has 4 heteroatoms. The molecule has 8 aromatic rings. The van der Waals surface area contributed by atoms with Gasteiger partial charge in [0.05, 0.1) is 28.0 Å². The van der Waals surface area contributed by atoms with Gasteiger partial charge >= 0.3 is 0 Å². The lowest BCUT2D eigenvalue weighted by molar-refractivity contribution is 0.669. The van der Waals surface area contributed by atoms with E-state index in [2.05, 4.69) is 101 Å². The van der Waals surface area contributed by atoms with Crippen LogP contribution >= 0.6 is 0 Å². The molecule has 0 saturated carbocycles. The monoisotopic (exact) mass is 511 g/mol. The highest BCUT2D eigenvalue weighted by atomic mass is 16.3. The van der Waals surface area contributed by atoms with E-state index in [1.807, 2.05) is 24.3 Å². The molecule has 4 nitrogen and oxygen atoms in total. The molecular weight excluding hydrogens is 490 g/mol. The molecule has 0 aliphatic carbocycles. The average molecular weight is 512 g/mol. The van der Waals surface area contributed by atoms with E-state index in [1.54, 1.807) is 18.3 Å². The van der Waals surface area contributed by atoms with Crippen LogP contribution in [-0.2, 0) is 0 Å². The van der Waals surface area contributed by atoms with Gasteiger partial charge in [0.15, 0.2) is 0 Å². The van der Waals surface area contributed by atoms with Gasteiger partial charge in [0.2, 0.25) is 0 Å². The highest BCUT2D eigenvalue weighted by Crippen LogP contribution is 2.40. The number of rotatable bonds is 3. The van der Waals surface area contributed by atoms with Crippen molar-refractivity contribution in [2.24, 2.45) is 0 Å². The standard InChI is InChI=1S/C36H21N3O/c37-22-25-11-8-18-38-36(25)24-10-7-9-23(19-24)26-12-1-4-15-31(26)39-32-16-5-2-13-27(32)29-21-35-30(20-33(29)39)28-14-3-6-17-34(28)40-35/h1-21H. The van der Waals surface area contributed by atoms with Crippen molar-refractivity contribution in [3.05, 3.63) is 133 Å². The van der Waals surface area contributed by atoms with Crippen molar-refractivity contribution in [2.75, 3.05) is 0 Å². The van der Waals surface area contributed by atoms with Crippen LogP contribution in [0.1, 0.15) is 5.56 Å². The predicted octanol–water partition coefficient (Wildman–Crippen LogP) is 9.28. The van der Waals surface area contributed by atoms with Crippen molar-refractivity contribution >= 4 is 43.7 Å². The lowest BCUT2D eigenvalue weighted by Crippen LogP contribution is -1.97. The maximum Gasteiger partial charge on any atom is 0.136 e. The lowest BCUT2D eigenvalue weighted by atomic mass is 9.98. The summed E-state index contributed by atoms with van der Waals surface area (Å²) in [4.78, 5) is 4.52. The summed E-state index contributed by atoms with van der Waals surface area (Å²) in [6.45, 7) is 0. The minimum absolute atomic E-state index is 0.562. The summed E-state index contributed by atoms with van der Waals surface area (Å²) in [5.41, 5.74) is 9.45. The summed E-state index contributed by atoms with van der Waals surface area (Å²) < 4.78 is 8.61. The second-order valence-corrected chi connectivity index (χ2v) is 9.93. The summed E-state index contributed by atoms with van der Waals surface area (Å²) in [5, 5.41) is 14.2. The van der Waals surface area contributed by atoms with Crippen LogP contribution in [-0.4, -0.2) is 9.55 Å². The molecular formula is C36H21N3O. The van der Waals surface area contributed by atoms with E-state index in [1.165, 1.54) is 5.39 Å². The van der Waals surface area contributed by atoms with Crippen molar-refractivity contribution in [3.63, 3.8) is 0 Å². The molecule has 3 heterocycles. The summed E-state index contributed by atoms with van der Waals surface area (Å²) in [5.74, 6) is 0. The van der Waals surface area contributed by atoms with Crippen molar-refractivity contribution < 1.29 is 4.42 Å². The number of hydrogen-bond donors (Lipinski definition) is 0. The fraction of sp³-hybridized carbons (Fsp3) is 0. The van der Waals surface area contributed by atoms with Gasteiger partial charge in [-0.15, -0.1) is 0 Å². The van der Waals surface area contributed by atoms with Crippen LogP contribution < -0.4 is 0 Å². The highest BCUT2D eigenvalue weighted by molar-refractivity contribution is 6.17. The molecule has 0 aliphatic heterocycles. The van der Waals surface area contributed by atoms with E-state index in [4.69, 9.17) is 4.42 Å². The third kappa shape index (κ3) is 3.28.